The molecule has 1 aromatic rings. The van der Waals surface area contributed by atoms with Gasteiger partial charge in [0.05, 0.1) is 0 Å². The molecule has 5 heteroatoms. The Bertz CT molecular complexity index is 607. The third-order valence-electron chi connectivity index (χ3n) is 4.63. The molecule has 1 aliphatic carbocycles. The van der Waals surface area contributed by atoms with E-state index in [0.29, 0.717) is 6.04 Å². The maximum atomic E-state index is 12.2. The van der Waals surface area contributed by atoms with Crippen LogP contribution in [0.2, 0.25) is 0 Å². The summed E-state index contributed by atoms with van der Waals surface area (Å²) in [7, 11) is -3.37. The van der Waals surface area contributed by atoms with Gasteiger partial charge in [0, 0.05) is 30.6 Å². The van der Waals surface area contributed by atoms with Crippen LogP contribution in [-0.2, 0) is 10.0 Å². The molecule has 1 aromatic carbocycles. The van der Waals surface area contributed by atoms with E-state index in [-0.39, 0.29) is 6.04 Å². The third kappa shape index (κ3) is 4.18. The number of rotatable bonds is 5. The maximum absolute atomic E-state index is 12.2. The second-order valence-corrected chi connectivity index (χ2v) is 7.89. The van der Waals surface area contributed by atoms with Crippen molar-refractivity contribution >= 4 is 16.1 Å². The SMILES string of the molecule is O=S(=O)(/C=C/c1ccccc1)N[C@@H]1CCN(C2CCCC2)C1. The zero-order valence-electron chi connectivity index (χ0n) is 12.8. The molecule has 0 amide bonds. The molecule has 0 spiro atoms. The van der Waals surface area contributed by atoms with Crippen molar-refractivity contribution in [3.63, 3.8) is 0 Å². The predicted octanol–water partition coefficient (Wildman–Crippen LogP) is 2.59. The fourth-order valence-corrected chi connectivity index (χ4v) is 4.56. The summed E-state index contributed by atoms with van der Waals surface area (Å²) in [5.74, 6) is 0. The van der Waals surface area contributed by atoms with Gasteiger partial charge in [-0.15, -0.1) is 0 Å². The Morgan fingerprint density at radius 3 is 2.55 bits per heavy atom. The average molecular weight is 320 g/mol. The van der Waals surface area contributed by atoms with Crippen molar-refractivity contribution in [2.75, 3.05) is 13.1 Å². The van der Waals surface area contributed by atoms with Gasteiger partial charge in [0.25, 0.3) is 0 Å². The minimum Gasteiger partial charge on any atom is -0.299 e. The lowest BCUT2D eigenvalue weighted by Gasteiger charge is -2.23. The number of nitrogens with one attached hydrogen (secondary N) is 1. The van der Waals surface area contributed by atoms with Crippen molar-refractivity contribution in [3.05, 3.63) is 41.3 Å². The Kier molecular flexibility index (Phi) is 4.96. The molecule has 1 N–H and O–H groups in total. The molecule has 0 unspecified atom stereocenters. The van der Waals surface area contributed by atoms with Crippen molar-refractivity contribution in [3.8, 4) is 0 Å². The molecule has 1 aliphatic heterocycles. The molecule has 3 rings (SSSR count). The fourth-order valence-electron chi connectivity index (χ4n) is 3.49. The summed E-state index contributed by atoms with van der Waals surface area (Å²) in [6.45, 7) is 1.86. The summed E-state index contributed by atoms with van der Waals surface area (Å²) in [4.78, 5) is 2.46. The van der Waals surface area contributed by atoms with Crippen LogP contribution in [-0.4, -0.2) is 38.5 Å². The van der Waals surface area contributed by atoms with E-state index in [4.69, 9.17) is 0 Å². The third-order valence-corrected chi connectivity index (χ3v) is 5.79. The molecular formula is C17H24N2O2S. The van der Waals surface area contributed by atoms with Crippen molar-refractivity contribution in [1.29, 1.82) is 0 Å². The highest BCUT2D eigenvalue weighted by molar-refractivity contribution is 7.92. The van der Waals surface area contributed by atoms with Gasteiger partial charge in [0.2, 0.25) is 10.0 Å². The van der Waals surface area contributed by atoms with Gasteiger partial charge in [-0.25, -0.2) is 13.1 Å². The van der Waals surface area contributed by atoms with Gasteiger partial charge in [-0.1, -0.05) is 43.2 Å². The lowest BCUT2D eigenvalue weighted by Crippen LogP contribution is -2.38. The van der Waals surface area contributed by atoms with Crippen molar-refractivity contribution in [2.24, 2.45) is 0 Å². The van der Waals surface area contributed by atoms with Crippen LogP contribution in [0, 0.1) is 0 Å². The Balaban J connectivity index is 1.55. The summed E-state index contributed by atoms with van der Waals surface area (Å²) in [6, 6.07) is 10.2. The maximum Gasteiger partial charge on any atom is 0.234 e. The topological polar surface area (TPSA) is 49.4 Å². The van der Waals surface area contributed by atoms with E-state index in [1.54, 1.807) is 6.08 Å². The van der Waals surface area contributed by atoms with Crippen LogP contribution in [0.4, 0.5) is 0 Å². The zero-order valence-corrected chi connectivity index (χ0v) is 13.6. The highest BCUT2D eigenvalue weighted by Gasteiger charge is 2.31. The molecule has 0 bridgehead atoms. The van der Waals surface area contributed by atoms with Crippen molar-refractivity contribution in [2.45, 2.75) is 44.2 Å². The Hall–Kier alpha value is -1.17. The first-order valence-corrected chi connectivity index (χ1v) is 9.66. The zero-order chi connectivity index (χ0) is 15.4. The first kappa shape index (κ1) is 15.7. The number of likely N-dealkylation sites (tertiary alicyclic amines) is 1. The van der Waals surface area contributed by atoms with Gasteiger partial charge in [-0.05, 0) is 30.9 Å². The van der Waals surface area contributed by atoms with Gasteiger partial charge in [0.1, 0.15) is 0 Å². The molecule has 1 saturated heterocycles. The quantitative estimate of drug-likeness (QED) is 0.907. The van der Waals surface area contributed by atoms with E-state index in [9.17, 15) is 8.42 Å². The number of hydrogen-bond donors (Lipinski definition) is 1. The summed E-state index contributed by atoms with van der Waals surface area (Å²) < 4.78 is 27.2. The highest BCUT2D eigenvalue weighted by Crippen LogP contribution is 2.26. The van der Waals surface area contributed by atoms with E-state index < -0.39 is 10.0 Å². The van der Waals surface area contributed by atoms with E-state index in [0.717, 1.165) is 25.1 Å². The monoisotopic (exact) mass is 320 g/mol. The van der Waals surface area contributed by atoms with Gasteiger partial charge in [-0.2, -0.15) is 0 Å². The standard InChI is InChI=1S/C17H24N2O2S/c20-22(21,13-11-15-6-2-1-3-7-15)18-16-10-12-19(14-16)17-8-4-5-9-17/h1-3,6-7,11,13,16-18H,4-5,8-10,12,14H2/b13-11+/t16-/m1/s1. The van der Waals surface area contributed by atoms with Gasteiger partial charge >= 0.3 is 0 Å². The molecule has 1 heterocycles. The second-order valence-electron chi connectivity index (χ2n) is 6.30. The van der Waals surface area contributed by atoms with E-state index in [2.05, 4.69) is 9.62 Å². The van der Waals surface area contributed by atoms with Crippen LogP contribution in [0.1, 0.15) is 37.7 Å². The summed E-state index contributed by atoms with van der Waals surface area (Å²) in [5.41, 5.74) is 0.895. The van der Waals surface area contributed by atoms with Crippen LogP contribution in [0.3, 0.4) is 0 Å². The normalized spacial score (nSPS) is 24.5. The molecule has 4 nitrogen and oxygen atoms in total. The number of benzene rings is 1. The first-order chi connectivity index (χ1) is 10.6. The molecule has 1 saturated carbocycles. The Labute approximate surface area is 133 Å². The molecule has 0 radical (unpaired) electrons. The summed E-state index contributed by atoms with van der Waals surface area (Å²) in [5, 5.41) is 1.28. The minimum atomic E-state index is -3.37. The lowest BCUT2D eigenvalue weighted by atomic mass is 10.2. The van der Waals surface area contributed by atoms with E-state index >= 15 is 0 Å². The van der Waals surface area contributed by atoms with Crippen LogP contribution < -0.4 is 4.72 Å². The van der Waals surface area contributed by atoms with Crippen LogP contribution in [0.5, 0.6) is 0 Å². The lowest BCUT2D eigenvalue weighted by molar-refractivity contribution is 0.242. The fraction of sp³-hybridized carbons (Fsp3) is 0.529. The summed E-state index contributed by atoms with van der Waals surface area (Å²) >= 11 is 0. The Morgan fingerprint density at radius 2 is 1.82 bits per heavy atom. The van der Waals surface area contributed by atoms with Crippen molar-refractivity contribution in [1.82, 2.24) is 9.62 Å². The molecule has 2 fully saturated rings. The van der Waals surface area contributed by atoms with Crippen molar-refractivity contribution < 1.29 is 8.42 Å². The molecule has 22 heavy (non-hydrogen) atoms. The van der Waals surface area contributed by atoms with Crippen LogP contribution in [0.15, 0.2) is 35.7 Å². The Morgan fingerprint density at radius 1 is 1.09 bits per heavy atom. The average Bonchev–Trinajstić information content (AvgIpc) is 3.17. The number of nitrogens with zero attached hydrogens (tertiary/aromatic N) is 1. The molecule has 120 valence electrons. The van der Waals surface area contributed by atoms with E-state index in [1.165, 1.54) is 31.1 Å². The summed E-state index contributed by atoms with van der Waals surface area (Å²) in [6.07, 6.45) is 7.73. The molecular weight excluding hydrogens is 296 g/mol. The number of sulfonamides is 1. The first-order valence-electron chi connectivity index (χ1n) is 8.12. The molecule has 0 aromatic heterocycles. The van der Waals surface area contributed by atoms with Crippen LogP contribution >= 0.6 is 0 Å². The van der Waals surface area contributed by atoms with Gasteiger partial charge < -0.3 is 0 Å². The van der Waals surface area contributed by atoms with Gasteiger partial charge in [0.15, 0.2) is 0 Å². The van der Waals surface area contributed by atoms with Crippen LogP contribution in [0.25, 0.3) is 6.08 Å². The predicted molar refractivity (Wildman–Crippen MR) is 89.8 cm³/mol. The smallest absolute Gasteiger partial charge is 0.234 e. The highest BCUT2D eigenvalue weighted by atomic mass is 32.2. The molecule has 1 atom stereocenters. The minimum absolute atomic E-state index is 0.0472. The number of hydrogen-bond acceptors (Lipinski definition) is 3. The largest absolute Gasteiger partial charge is 0.299 e. The molecule has 2 aliphatic rings. The second kappa shape index (κ2) is 6.94. The van der Waals surface area contributed by atoms with Gasteiger partial charge in [-0.3, -0.25) is 4.90 Å². The van der Waals surface area contributed by atoms with E-state index in [1.807, 2.05) is 30.3 Å².